The van der Waals surface area contributed by atoms with Crippen LogP contribution >= 0.6 is 12.2 Å². The molecule has 1 N–H and O–H groups in total. The molecule has 7 heteroatoms. The fourth-order valence-corrected chi connectivity index (χ4v) is 4.05. The van der Waals surface area contributed by atoms with Gasteiger partial charge in [-0.3, -0.25) is 0 Å². The first-order valence-corrected chi connectivity index (χ1v) is 9.38. The van der Waals surface area contributed by atoms with E-state index in [1.807, 2.05) is 0 Å². The predicted molar refractivity (Wildman–Crippen MR) is 87.4 cm³/mol. The lowest BCUT2D eigenvalue weighted by Crippen LogP contribution is -3.11. The van der Waals surface area contributed by atoms with Crippen molar-refractivity contribution in [2.24, 2.45) is 0 Å². The van der Waals surface area contributed by atoms with E-state index in [1.165, 1.54) is 19.6 Å². The smallest absolute Gasteiger partial charge is 0.152 e. The molecule has 1 heterocycles. The minimum absolute atomic E-state index is 0.000000000000000222. The van der Waals surface area contributed by atoms with Crippen LogP contribution in [0.2, 0.25) is 0 Å². The van der Waals surface area contributed by atoms with Crippen LogP contribution in [-0.2, 0) is 22.5 Å². The topological polar surface area (TPSA) is 41.8 Å². The van der Waals surface area contributed by atoms with Gasteiger partial charge < -0.3 is 34.6 Å². The number of hydrogen-bond donors (Lipinski definition) is 1. The molecule has 1 saturated heterocycles. The van der Waals surface area contributed by atoms with Crippen molar-refractivity contribution in [3.63, 3.8) is 0 Å². The lowest BCUT2D eigenvalue weighted by molar-refractivity contribution is -0.894. The second-order valence-electron chi connectivity index (χ2n) is 4.74. The third kappa shape index (κ3) is 7.39. The maximum Gasteiger partial charge on any atom is 0.152 e. The van der Waals surface area contributed by atoms with Gasteiger partial charge in [0.1, 0.15) is 0 Å². The molecule has 0 saturated carbocycles. The number of thiocarbonyl (C=S) groups is 1. The summed E-state index contributed by atoms with van der Waals surface area (Å²) in [4.78, 5) is 3.37. The summed E-state index contributed by atoms with van der Waals surface area (Å²) in [6, 6.07) is -0.000000000000000222. The van der Waals surface area contributed by atoms with Gasteiger partial charge in [0, 0.05) is 13.1 Å². The van der Waals surface area contributed by atoms with Gasteiger partial charge in [-0.15, -0.1) is 0 Å². The van der Waals surface area contributed by atoms with Crippen LogP contribution in [0.4, 0.5) is 0 Å². The molecular formula is C12H26N2O2S3. The number of hydrogen-bond acceptors (Lipinski definition) is 4. The fraction of sp³-hybridized carbons (Fsp3) is 0.917. The highest BCUT2D eigenvalue weighted by Crippen LogP contribution is 2.16. The van der Waals surface area contributed by atoms with Crippen molar-refractivity contribution in [2.75, 3.05) is 38.2 Å². The summed E-state index contributed by atoms with van der Waals surface area (Å²) in [6.45, 7) is 10.5. The monoisotopic (exact) mass is 326 g/mol. The first-order chi connectivity index (χ1) is 8.77. The third-order valence-corrected chi connectivity index (χ3v) is 5.87. The van der Waals surface area contributed by atoms with Gasteiger partial charge in [0.2, 0.25) is 0 Å². The van der Waals surface area contributed by atoms with Crippen LogP contribution in [0.5, 0.6) is 0 Å². The van der Waals surface area contributed by atoms with Crippen molar-refractivity contribution in [2.45, 2.75) is 33.2 Å². The van der Waals surface area contributed by atoms with E-state index in [1.54, 1.807) is 16.8 Å². The molecule has 1 rings (SSSR count). The number of sulfone groups is 1. The van der Waals surface area contributed by atoms with Crippen LogP contribution in [0.1, 0.15) is 27.2 Å². The van der Waals surface area contributed by atoms with E-state index in [2.05, 4.69) is 20.8 Å². The highest BCUT2D eigenvalue weighted by atomic mass is 32.2. The van der Waals surface area contributed by atoms with E-state index in [4.69, 9.17) is 24.8 Å². The highest BCUT2D eigenvalue weighted by Gasteiger charge is 2.29. The van der Waals surface area contributed by atoms with Gasteiger partial charge in [-0.25, -0.2) is 8.42 Å². The molecule has 0 aromatic carbocycles. The summed E-state index contributed by atoms with van der Waals surface area (Å²) in [5.74, 6) is 0.459. The van der Waals surface area contributed by atoms with Crippen LogP contribution in [0.25, 0.3) is 0 Å². The largest absolute Gasteiger partial charge is 0.411 e. The third-order valence-electron chi connectivity index (χ3n) is 3.54. The number of quaternary nitrogens is 1. The lowest BCUT2D eigenvalue weighted by Gasteiger charge is -2.28. The molecule has 1 atom stereocenters. The van der Waals surface area contributed by atoms with Gasteiger partial charge >= 0.3 is 0 Å². The van der Waals surface area contributed by atoms with E-state index >= 15 is 0 Å². The quantitative estimate of drug-likeness (QED) is 0.576. The van der Waals surface area contributed by atoms with Crippen LogP contribution in [0.15, 0.2) is 0 Å². The average molecular weight is 327 g/mol. The SMILES string of the molecule is CC[NH+](CC)CC.CN(C(=S)[S-])C1CCS(=O)(=O)C1. The van der Waals surface area contributed by atoms with Crippen molar-refractivity contribution in [3.8, 4) is 0 Å². The zero-order valence-electron chi connectivity index (χ0n) is 12.3. The van der Waals surface area contributed by atoms with Gasteiger partial charge in [0.15, 0.2) is 9.84 Å². The molecular weight excluding hydrogens is 300 g/mol. The lowest BCUT2D eigenvalue weighted by atomic mass is 10.2. The Kier molecular flexibility index (Phi) is 9.06. The molecule has 0 bridgehead atoms. The van der Waals surface area contributed by atoms with Crippen molar-refractivity contribution >= 4 is 39.0 Å². The molecule has 0 aliphatic carbocycles. The Morgan fingerprint density at radius 3 is 2.00 bits per heavy atom. The van der Waals surface area contributed by atoms with E-state index in [9.17, 15) is 8.42 Å². The maximum atomic E-state index is 11.1. The molecule has 19 heavy (non-hydrogen) atoms. The van der Waals surface area contributed by atoms with Gasteiger partial charge in [-0.2, -0.15) is 0 Å². The Morgan fingerprint density at radius 1 is 1.32 bits per heavy atom. The molecule has 1 aliphatic heterocycles. The first-order valence-electron chi connectivity index (χ1n) is 6.75. The predicted octanol–water partition coefficient (Wildman–Crippen LogP) is -0.132. The minimum atomic E-state index is -2.82. The normalized spacial score (nSPS) is 20.8. The van der Waals surface area contributed by atoms with Crippen LogP contribution in [0.3, 0.4) is 0 Å². The minimum Gasteiger partial charge on any atom is -0.411 e. The van der Waals surface area contributed by atoms with Gasteiger partial charge in [0.25, 0.3) is 0 Å². The van der Waals surface area contributed by atoms with Crippen molar-refractivity contribution in [1.29, 1.82) is 0 Å². The maximum absolute atomic E-state index is 11.1. The number of nitrogens with one attached hydrogen (secondary N) is 1. The standard InChI is InChI=1S/C6H11NO2S3.C6H15N/c1-7(6(10)11)5-2-3-12(8,9)4-5;1-4-7(5-2)6-3/h5H,2-4H2,1H3,(H,10,11);4-6H2,1-3H3. The van der Waals surface area contributed by atoms with Crippen molar-refractivity contribution in [1.82, 2.24) is 4.90 Å². The summed E-state index contributed by atoms with van der Waals surface area (Å²) in [6.07, 6.45) is 0.648. The molecule has 4 nitrogen and oxygen atoms in total. The van der Waals surface area contributed by atoms with Crippen molar-refractivity contribution < 1.29 is 13.3 Å². The van der Waals surface area contributed by atoms with E-state index < -0.39 is 9.84 Å². The average Bonchev–Trinajstić information content (AvgIpc) is 2.71. The Labute approximate surface area is 128 Å². The second kappa shape index (κ2) is 9.05. The number of rotatable bonds is 4. The van der Waals surface area contributed by atoms with Crippen LogP contribution < -0.4 is 4.90 Å². The van der Waals surface area contributed by atoms with Crippen molar-refractivity contribution in [3.05, 3.63) is 0 Å². The molecule has 0 aromatic rings. The molecule has 114 valence electrons. The summed E-state index contributed by atoms with van der Waals surface area (Å²) < 4.78 is 22.5. The molecule has 1 fully saturated rings. The van der Waals surface area contributed by atoms with E-state index in [-0.39, 0.29) is 17.5 Å². The Bertz CT molecular complexity index is 362. The summed E-state index contributed by atoms with van der Waals surface area (Å²) in [5, 5.41) is 0. The Morgan fingerprint density at radius 2 is 1.79 bits per heavy atom. The summed E-state index contributed by atoms with van der Waals surface area (Å²) in [5.41, 5.74) is 0. The van der Waals surface area contributed by atoms with E-state index in [0.717, 1.165) is 0 Å². The van der Waals surface area contributed by atoms with Gasteiger partial charge in [-0.05, 0) is 27.2 Å². The van der Waals surface area contributed by atoms with Gasteiger partial charge in [0.05, 0.1) is 31.1 Å². The zero-order valence-corrected chi connectivity index (χ0v) is 14.8. The van der Waals surface area contributed by atoms with E-state index in [0.29, 0.717) is 10.7 Å². The molecule has 1 unspecified atom stereocenters. The van der Waals surface area contributed by atoms with Gasteiger partial charge in [-0.1, -0.05) is 4.32 Å². The fourth-order valence-electron chi connectivity index (χ4n) is 1.98. The Balaban J connectivity index is 0.000000399. The molecule has 0 aromatic heterocycles. The highest BCUT2D eigenvalue weighted by molar-refractivity contribution is 8.00. The molecule has 1 aliphatic rings. The number of nitrogens with zero attached hydrogens (tertiary/aromatic N) is 1. The first kappa shape index (κ1) is 19.0. The summed E-state index contributed by atoms with van der Waals surface area (Å²) in [7, 11) is -1.07. The van der Waals surface area contributed by atoms with Crippen LogP contribution in [-0.4, -0.2) is 61.9 Å². The summed E-state index contributed by atoms with van der Waals surface area (Å²) >= 11 is 9.55. The molecule has 0 spiro atoms. The van der Waals surface area contributed by atoms with Crippen LogP contribution in [0, 0.1) is 0 Å². The molecule has 0 amide bonds. The molecule has 0 radical (unpaired) electrons. The zero-order chi connectivity index (χ0) is 15.1. The second-order valence-corrected chi connectivity index (χ2v) is 8.00. The Hall–Kier alpha value is 0.0200.